The van der Waals surface area contributed by atoms with Crippen molar-refractivity contribution in [3.63, 3.8) is 0 Å². The summed E-state index contributed by atoms with van der Waals surface area (Å²) >= 11 is 0. The highest BCUT2D eigenvalue weighted by atomic mass is 16.6. The molecule has 2 fully saturated rings. The first-order valence-electron chi connectivity index (χ1n) is 19.9. The van der Waals surface area contributed by atoms with Gasteiger partial charge < -0.3 is 28.4 Å². The summed E-state index contributed by atoms with van der Waals surface area (Å²) in [6.07, 6.45) is 19.0. The minimum absolute atomic E-state index is 0.00657. The van der Waals surface area contributed by atoms with E-state index in [1.54, 1.807) is 0 Å². The fourth-order valence-corrected chi connectivity index (χ4v) is 8.39. The molecule has 0 radical (unpaired) electrons. The number of rotatable bonds is 24. The predicted molar refractivity (Wildman–Crippen MR) is 192 cm³/mol. The van der Waals surface area contributed by atoms with E-state index in [1.165, 1.54) is 99.3 Å². The van der Waals surface area contributed by atoms with Gasteiger partial charge in [0, 0.05) is 11.8 Å². The SMILES string of the molecule is CCCCCCOc1cc2c(cc1OCCCCCC)[C@@H]1O[C@H]2C2C1[C@@H]1O[C@H]2c2cc(OCCCCCC)c(OCCCCCC)cc21. The molecule has 4 aliphatic rings. The molecular weight excluding hydrogens is 600 g/mol. The predicted octanol–water partition coefficient (Wildman–Crippen LogP) is 11.7. The van der Waals surface area contributed by atoms with Crippen molar-refractivity contribution >= 4 is 0 Å². The van der Waals surface area contributed by atoms with E-state index >= 15 is 0 Å². The molecular formula is C42H62O6. The standard InChI is InChI=1S/C42H62O6/c1-5-9-13-17-21-43-33-25-29-30(26-34(33)44-22-18-14-10-6-2)40-38-37(39(29)47-40)41-31-27-35(45-23-19-15-11-7-3)36(28-32(31)42(38)48-41)46-24-20-16-12-8-4/h25-28,37-42H,5-24H2,1-4H3/t37?,38?,39-,40+,41+,42-. The number of benzene rings is 2. The van der Waals surface area contributed by atoms with Gasteiger partial charge in [0.05, 0.1) is 50.8 Å². The smallest absolute Gasteiger partial charge is 0.161 e. The molecule has 0 aromatic heterocycles. The minimum Gasteiger partial charge on any atom is -0.490 e. The third kappa shape index (κ3) is 7.65. The van der Waals surface area contributed by atoms with E-state index in [1.807, 2.05) is 0 Å². The van der Waals surface area contributed by atoms with Crippen LogP contribution in [0, 0.1) is 11.8 Å². The zero-order valence-corrected chi connectivity index (χ0v) is 30.4. The fraction of sp³-hybridized carbons (Fsp3) is 0.714. The van der Waals surface area contributed by atoms with Crippen LogP contribution in [0.5, 0.6) is 23.0 Å². The maximum absolute atomic E-state index is 6.86. The first kappa shape index (κ1) is 35.4. The summed E-state index contributed by atoms with van der Waals surface area (Å²) in [6.45, 7) is 11.9. The molecule has 0 spiro atoms. The zero-order valence-electron chi connectivity index (χ0n) is 30.4. The van der Waals surface area contributed by atoms with Gasteiger partial charge in [0.25, 0.3) is 0 Å². The van der Waals surface area contributed by atoms with Crippen LogP contribution < -0.4 is 18.9 Å². The topological polar surface area (TPSA) is 55.4 Å². The lowest BCUT2D eigenvalue weighted by atomic mass is 9.67. The van der Waals surface area contributed by atoms with Gasteiger partial charge in [0.1, 0.15) is 0 Å². The molecule has 2 saturated heterocycles. The van der Waals surface area contributed by atoms with E-state index in [9.17, 15) is 0 Å². The van der Waals surface area contributed by atoms with Crippen molar-refractivity contribution in [2.75, 3.05) is 26.4 Å². The molecule has 0 N–H and O–H groups in total. The summed E-state index contributed by atoms with van der Waals surface area (Å²) in [4.78, 5) is 0. The molecule has 2 unspecified atom stereocenters. The summed E-state index contributed by atoms with van der Waals surface area (Å²) in [5, 5.41) is 0. The molecule has 0 amide bonds. The Balaban J connectivity index is 1.21. The molecule has 4 aliphatic heterocycles. The van der Waals surface area contributed by atoms with E-state index in [4.69, 9.17) is 28.4 Å². The Hall–Kier alpha value is -2.44. The Bertz CT molecular complexity index is 1110. The van der Waals surface area contributed by atoms with Gasteiger partial charge in [-0.05, 0) is 72.2 Å². The molecule has 2 aromatic rings. The Morgan fingerprint density at radius 3 is 0.854 bits per heavy atom. The lowest BCUT2D eigenvalue weighted by Crippen LogP contribution is -2.27. The third-order valence-corrected chi connectivity index (χ3v) is 11.0. The normalized spacial score (nSPS) is 24.1. The van der Waals surface area contributed by atoms with Crippen LogP contribution in [0.3, 0.4) is 0 Å². The van der Waals surface area contributed by atoms with Crippen molar-refractivity contribution in [3.8, 4) is 23.0 Å². The Morgan fingerprint density at radius 1 is 0.375 bits per heavy atom. The van der Waals surface area contributed by atoms with Gasteiger partial charge in [-0.1, -0.05) is 105 Å². The van der Waals surface area contributed by atoms with Gasteiger partial charge in [-0.2, -0.15) is 0 Å². The van der Waals surface area contributed by atoms with Crippen LogP contribution in [-0.2, 0) is 9.47 Å². The number of unbranched alkanes of at least 4 members (excludes halogenated alkanes) is 12. The molecule has 0 saturated carbocycles. The van der Waals surface area contributed by atoms with E-state index in [0.29, 0.717) is 0 Å². The average molecular weight is 663 g/mol. The van der Waals surface area contributed by atoms with E-state index in [0.717, 1.165) is 75.1 Å². The summed E-state index contributed by atoms with van der Waals surface area (Å²) in [5.41, 5.74) is 5.06. The zero-order chi connectivity index (χ0) is 33.3. The molecule has 6 nitrogen and oxygen atoms in total. The molecule has 6 heteroatoms. The Morgan fingerprint density at radius 2 is 0.625 bits per heavy atom. The fourth-order valence-electron chi connectivity index (χ4n) is 8.39. The number of hydrogen-bond acceptors (Lipinski definition) is 6. The minimum atomic E-state index is 0.00657. The Labute approximate surface area is 290 Å². The summed E-state index contributed by atoms with van der Waals surface area (Å²) in [5.74, 6) is 4.07. The molecule has 6 atom stereocenters. The quantitative estimate of drug-likeness (QED) is 0.104. The highest BCUT2D eigenvalue weighted by Gasteiger charge is 2.66. The van der Waals surface area contributed by atoms with Gasteiger partial charge in [0.15, 0.2) is 23.0 Å². The average Bonchev–Trinajstić information content (AvgIpc) is 3.86. The highest BCUT2D eigenvalue weighted by molar-refractivity contribution is 5.57. The molecule has 4 bridgehead atoms. The lowest BCUT2D eigenvalue weighted by molar-refractivity contribution is -0.0292. The third-order valence-electron chi connectivity index (χ3n) is 11.0. The monoisotopic (exact) mass is 662 g/mol. The lowest BCUT2D eigenvalue weighted by Gasteiger charge is -2.32. The van der Waals surface area contributed by atoms with Crippen molar-refractivity contribution in [3.05, 3.63) is 46.5 Å². The molecule has 6 rings (SSSR count). The molecule has 0 aliphatic carbocycles. The highest BCUT2D eigenvalue weighted by Crippen LogP contribution is 2.73. The number of ether oxygens (including phenoxy) is 6. The van der Waals surface area contributed by atoms with Gasteiger partial charge in [-0.15, -0.1) is 0 Å². The maximum atomic E-state index is 6.86. The molecule has 48 heavy (non-hydrogen) atoms. The Kier molecular flexibility index (Phi) is 12.9. The van der Waals surface area contributed by atoms with Crippen LogP contribution in [0.15, 0.2) is 24.3 Å². The van der Waals surface area contributed by atoms with Crippen molar-refractivity contribution < 1.29 is 28.4 Å². The maximum Gasteiger partial charge on any atom is 0.161 e. The molecule has 266 valence electrons. The van der Waals surface area contributed by atoms with Gasteiger partial charge in [-0.25, -0.2) is 0 Å². The van der Waals surface area contributed by atoms with Crippen molar-refractivity contribution in [1.29, 1.82) is 0 Å². The first-order chi connectivity index (χ1) is 23.7. The van der Waals surface area contributed by atoms with Crippen LogP contribution in [0.25, 0.3) is 0 Å². The van der Waals surface area contributed by atoms with Crippen LogP contribution in [0.4, 0.5) is 0 Å². The van der Waals surface area contributed by atoms with Gasteiger partial charge in [-0.3, -0.25) is 0 Å². The van der Waals surface area contributed by atoms with E-state index < -0.39 is 0 Å². The van der Waals surface area contributed by atoms with Gasteiger partial charge in [0.2, 0.25) is 0 Å². The van der Waals surface area contributed by atoms with Crippen molar-refractivity contribution in [2.45, 2.75) is 155 Å². The second-order valence-electron chi connectivity index (χ2n) is 14.6. The summed E-state index contributed by atoms with van der Waals surface area (Å²) in [6, 6.07) is 8.96. The second-order valence-corrected chi connectivity index (χ2v) is 14.6. The van der Waals surface area contributed by atoms with Crippen molar-refractivity contribution in [1.82, 2.24) is 0 Å². The second kappa shape index (κ2) is 17.5. The number of hydrogen-bond donors (Lipinski definition) is 0. The van der Waals surface area contributed by atoms with Crippen molar-refractivity contribution in [2.24, 2.45) is 11.8 Å². The van der Waals surface area contributed by atoms with Crippen LogP contribution >= 0.6 is 0 Å². The molecule has 2 aromatic carbocycles. The van der Waals surface area contributed by atoms with E-state index in [2.05, 4.69) is 52.0 Å². The van der Waals surface area contributed by atoms with Gasteiger partial charge >= 0.3 is 0 Å². The van der Waals surface area contributed by atoms with E-state index in [-0.39, 0.29) is 36.3 Å². The van der Waals surface area contributed by atoms with Crippen LogP contribution in [0.2, 0.25) is 0 Å². The first-order valence-corrected chi connectivity index (χ1v) is 19.9. The summed E-state index contributed by atoms with van der Waals surface area (Å²) < 4.78 is 39.4. The number of fused-ring (bicyclic) bond motifs is 15. The molecule has 4 heterocycles. The summed E-state index contributed by atoms with van der Waals surface area (Å²) in [7, 11) is 0. The largest absolute Gasteiger partial charge is 0.490 e. The van der Waals surface area contributed by atoms with Crippen LogP contribution in [-0.4, -0.2) is 26.4 Å². The van der Waals surface area contributed by atoms with Crippen LogP contribution in [0.1, 0.15) is 177 Å².